The summed E-state index contributed by atoms with van der Waals surface area (Å²) in [5, 5.41) is 6.98. The Hall–Kier alpha value is -2.32. The van der Waals surface area contributed by atoms with Crippen molar-refractivity contribution in [2.24, 2.45) is 5.73 Å². The minimum absolute atomic E-state index is 0.446. The predicted octanol–water partition coefficient (Wildman–Crippen LogP) is 2.89. The maximum Gasteiger partial charge on any atom is 0.217 e. The van der Waals surface area contributed by atoms with Gasteiger partial charge in [-0.3, -0.25) is 5.10 Å². The van der Waals surface area contributed by atoms with Crippen molar-refractivity contribution in [3.63, 3.8) is 0 Å². The van der Waals surface area contributed by atoms with Gasteiger partial charge in [0.25, 0.3) is 0 Å². The van der Waals surface area contributed by atoms with E-state index in [2.05, 4.69) is 31.1 Å². The number of aromatic nitrogens is 3. The second-order valence-corrected chi connectivity index (χ2v) is 5.52. The Labute approximate surface area is 140 Å². The fraction of sp³-hybridized carbons (Fsp3) is 0.200. The number of hydrogen-bond acceptors (Lipinski definition) is 6. The molecule has 0 spiro atoms. The molecule has 120 valence electrons. The molecule has 0 aliphatic heterocycles. The van der Waals surface area contributed by atoms with Crippen LogP contribution in [0.4, 0.5) is 0 Å². The highest BCUT2D eigenvalue weighted by Crippen LogP contribution is 2.31. The van der Waals surface area contributed by atoms with Gasteiger partial charge in [-0.2, -0.15) is 0 Å². The van der Waals surface area contributed by atoms with Crippen LogP contribution >= 0.6 is 15.9 Å². The first kappa shape index (κ1) is 15.6. The van der Waals surface area contributed by atoms with Gasteiger partial charge in [0.1, 0.15) is 5.82 Å². The number of nitrogens with two attached hydrogens (primary N) is 1. The number of ether oxygens (including phenoxy) is 2. The van der Waals surface area contributed by atoms with E-state index in [0.29, 0.717) is 33.6 Å². The van der Waals surface area contributed by atoms with E-state index in [1.807, 2.05) is 12.1 Å². The van der Waals surface area contributed by atoms with E-state index in [0.717, 1.165) is 5.56 Å². The number of hydrogen-bond donors (Lipinski definition) is 2. The van der Waals surface area contributed by atoms with Crippen LogP contribution in [0.1, 0.15) is 17.4 Å². The van der Waals surface area contributed by atoms with Crippen molar-refractivity contribution in [2.45, 2.75) is 6.04 Å². The van der Waals surface area contributed by atoms with E-state index in [1.165, 1.54) is 0 Å². The summed E-state index contributed by atoms with van der Waals surface area (Å²) >= 11 is 3.25. The average molecular weight is 379 g/mol. The lowest BCUT2D eigenvalue weighted by molar-refractivity contribution is 0.354. The molecule has 1 aromatic carbocycles. The maximum absolute atomic E-state index is 6.26. The number of aromatic amines is 1. The molecule has 0 saturated carbocycles. The fourth-order valence-electron chi connectivity index (χ4n) is 2.16. The smallest absolute Gasteiger partial charge is 0.217 e. The van der Waals surface area contributed by atoms with Crippen LogP contribution in [0.2, 0.25) is 0 Å². The second-order valence-electron chi connectivity index (χ2n) is 4.74. The first-order valence-electron chi connectivity index (χ1n) is 6.78. The van der Waals surface area contributed by atoms with Crippen molar-refractivity contribution < 1.29 is 13.9 Å². The van der Waals surface area contributed by atoms with Crippen LogP contribution in [-0.2, 0) is 0 Å². The van der Waals surface area contributed by atoms with Crippen LogP contribution in [0.15, 0.2) is 39.4 Å². The molecule has 0 saturated heterocycles. The first-order chi connectivity index (χ1) is 11.1. The highest BCUT2D eigenvalue weighted by Gasteiger charge is 2.18. The summed E-state index contributed by atoms with van der Waals surface area (Å²) in [5.41, 5.74) is 7.08. The molecule has 0 radical (unpaired) electrons. The van der Waals surface area contributed by atoms with Crippen molar-refractivity contribution in [1.29, 1.82) is 0 Å². The number of halogens is 1. The largest absolute Gasteiger partial charge is 0.493 e. The van der Waals surface area contributed by atoms with Crippen molar-refractivity contribution in [1.82, 2.24) is 15.2 Å². The molecule has 2 aromatic heterocycles. The Bertz CT molecular complexity index is 815. The summed E-state index contributed by atoms with van der Waals surface area (Å²) in [6.45, 7) is 0. The first-order valence-corrected chi connectivity index (χ1v) is 7.57. The van der Waals surface area contributed by atoms with Crippen LogP contribution in [-0.4, -0.2) is 29.4 Å². The van der Waals surface area contributed by atoms with Crippen LogP contribution in [0.5, 0.6) is 11.5 Å². The highest BCUT2D eigenvalue weighted by atomic mass is 79.9. The van der Waals surface area contributed by atoms with E-state index in [-0.39, 0.29) is 0 Å². The Morgan fingerprint density at radius 2 is 1.96 bits per heavy atom. The standard InChI is InChI=1S/C15H15BrN4O3/c1-21-9-4-3-8(7-11(9)22-2)13(17)15-18-14(19-20-15)10-5-6-12(16)23-10/h3-7,13H,17H2,1-2H3,(H,18,19,20)/t13-/m0/s1. The predicted molar refractivity (Wildman–Crippen MR) is 87.4 cm³/mol. The fourth-order valence-corrected chi connectivity index (χ4v) is 2.47. The van der Waals surface area contributed by atoms with E-state index in [4.69, 9.17) is 19.6 Å². The zero-order chi connectivity index (χ0) is 16.4. The molecule has 3 rings (SSSR count). The van der Waals surface area contributed by atoms with Crippen LogP contribution in [0.3, 0.4) is 0 Å². The van der Waals surface area contributed by atoms with E-state index >= 15 is 0 Å². The Balaban J connectivity index is 1.89. The summed E-state index contributed by atoms with van der Waals surface area (Å²) in [6, 6.07) is 8.55. The molecule has 0 bridgehead atoms. The Morgan fingerprint density at radius 1 is 1.17 bits per heavy atom. The second kappa shape index (κ2) is 6.43. The topological polar surface area (TPSA) is 99.2 Å². The maximum atomic E-state index is 6.26. The van der Waals surface area contributed by atoms with Gasteiger partial charge in [-0.25, -0.2) is 4.98 Å². The number of nitrogens with one attached hydrogen (secondary N) is 1. The van der Waals surface area contributed by atoms with E-state index < -0.39 is 6.04 Å². The van der Waals surface area contributed by atoms with Crippen molar-refractivity contribution >= 4 is 15.9 Å². The SMILES string of the molecule is COc1ccc([C@H](N)c2nc(-c3ccc(Br)o3)n[nH]2)cc1OC. The minimum Gasteiger partial charge on any atom is -0.493 e. The van der Waals surface area contributed by atoms with Gasteiger partial charge in [0.2, 0.25) is 5.82 Å². The number of nitrogens with zero attached hydrogens (tertiary/aromatic N) is 2. The zero-order valence-electron chi connectivity index (χ0n) is 12.5. The third-order valence-corrected chi connectivity index (χ3v) is 3.78. The molecule has 0 unspecified atom stereocenters. The molecular formula is C15H15BrN4O3. The third kappa shape index (κ3) is 3.08. The number of furan rings is 1. The molecule has 0 aliphatic carbocycles. The minimum atomic E-state index is -0.477. The van der Waals surface area contributed by atoms with Gasteiger partial charge in [0.05, 0.1) is 20.3 Å². The molecule has 23 heavy (non-hydrogen) atoms. The van der Waals surface area contributed by atoms with E-state index in [1.54, 1.807) is 32.4 Å². The molecule has 7 nitrogen and oxygen atoms in total. The lowest BCUT2D eigenvalue weighted by Gasteiger charge is -2.12. The number of benzene rings is 1. The normalized spacial score (nSPS) is 12.2. The van der Waals surface area contributed by atoms with Gasteiger partial charge in [-0.1, -0.05) is 6.07 Å². The summed E-state index contributed by atoms with van der Waals surface area (Å²) in [6.07, 6.45) is 0. The molecular weight excluding hydrogens is 364 g/mol. The molecule has 0 aliphatic rings. The summed E-state index contributed by atoms with van der Waals surface area (Å²) in [5.74, 6) is 2.78. The molecule has 0 amide bonds. The Morgan fingerprint density at radius 3 is 2.61 bits per heavy atom. The van der Waals surface area contributed by atoms with Crippen molar-refractivity contribution in [2.75, 3.05) is 14.2 Å². The number of methoxy groups -OCH3 is 2. The quantitative estimate of drug-likeness (QED) is 0.707. The van der Waals surface area contributed by atoms with Crippen LogP contribution in [0.25, 0.3) is 11.6 Å². The van der Waals surface area contributed by atoms with Gasteiger partial charge >= 0.3 is 0 Å². The molecule has 2 heterocycles. The number of H-pyrrole nitrogens is 1. The monoisotopic (exact) mass is 378 g/mol. The van der Waals surface area contributed by atoms with Crippen LogP contribution in [0, 0.1) is 0 Å². The van der Waals surface area contributed by atoms with E-state index in [9.17, 15) is 0 Å². The summed E-state index contributed by atoms with van der Waals surface area (Å²) in [7, 11) is 3.16. The van der Waals surface area contributed by atoms with Crippen molar-refractivity contribution in [3.05, 3.63) is 46.4 Å². The summed E-state index contributed by atoms with van der Waals surface area (Å²) in [4.78, 5) is 4.39. The highest BCUT2D eigenvalue weighted by molar-refractivity contribution is 9.10. The van der Waals surface area contributed by atoms with Crippen LogP contribution < -0.4 is 15.2 Å². The molecule has 1 atom stereocenters. The lowest BCUT2D eigenvalue weighted by Crippen LogP contribution is -2.14. The van der Waals surface area contributed by atoms with Gasteiger partial charge in [-0.05, 0) is 45.8 Å². The molecule has 3 N–H and O–H groups in total. The Kier molecular flexibility index (Phi) is 4.35. The van der Waals surface area contributed by atoms with Gasteiger partial charge in [0, 0.05) is 0 Å². The molecule has 3 aromatic rings. The lowest BCUT2D eigenvalue weighted by atomic mass is 10.1. The third-order valence-electron chi connectivity index (χ3n) is 3.36. The van der Waals surface area contributed by atoms with Gasteiger partial charge < -0.3 is 19.6 Å². The number of rotatable bonds is 5. The van der Waals surface area contributed by atoms with Gasteiger partial charge in [0.15, 0.2) is 21.9 Å². The average Bonchev–Trinajstić information content (AvgIpc) is 3.22. The summed E-state index contributed by atoms with van der Waals surface area (Å²) < 4.78 is 16.6. The zero-order valence-corrected chi connectivity index (χ0v) is 14.1. The molecule has 0 fully saturated rings. The van der Waals surface area contributed by atoms with Gasteiger partial charge in [-0.15, -0.1) is 5.10 Å². The van der Waals surface area contributed by atoms with Crippen molar-refractivity contribution in [3.8, 4) is 23.1 Å². The molecule has 8 heteroatoms.